The van der Waals surface area contributed by atoms with Crippen LogP contribution in [0, 0.1) is 0 Å². The second kappa shape index (κ2) is 11.1. The van der Waals surface area contributed by atoms with Crippen molar-refractivity contribution in [1.82, 2.24) is 10.6 Å². The van der Waals surface area contributed by atoms with Crippen LogP contribution in [-0.2, 0) is 32.6 Å². The number of nitrogens with zero attached hydrogens (tertiary/aromatic N) is 2. The molecule has 1 aliphatic heterocycles. The molecule has 35 heavy (non-hydrogen) atoms. The van der Waals surface area contributed by atoms with Crippen LogP contribution in [0.5, 0.6) is 0 Å². The Morgan fingerprint density at radius 1 is 0.600 bits per heavy atom. The lowest BCUT2D eigenvalue weighted by Gasteiger charge is -2.21. The van der Waals surface area contributed by atoms with Crippen molar-refractivity contribution >= 4 is 33.4 Å². The Bertz CT molecular complexity index is 1170. The van der Waals surface area contributed by atoms with Gasteiger partial charge in [-0.15, -0.1) is 0 Å². The molecule has 0 saturated heterocycles. The zero-order valence-corrected chi connectivity index (χ0v) is 20.1. The Labute approximate surface area is 205 Å². The molecule has 0 radical (unpaired) electrons. The summed E-state index contributed by atoms with van der Waals surface area (Å²) in [4.78, 5) is 25.2. The number of carbonyl (C=O) groups excluding carboxylic acids is 2. The summed E-state index contributed by atoms with van der Waals surface area (Å²) in [6, 6.07) is 26.1. The Kier molecular flexibility index (Phi) is 7.67. The van der Waals surface area contributed by atoms with E-state index in [1.54, 1.807) is 24.3 Å². The van der Waals surface area contributed by atoms with Crippen molar-refractivity contribution in [3.8, 4) is 0 Å². The molecule has 0 aliphatic carbocycles. The average Bonchev–Trinajstić information content (AvgIpc) is 3.07. The van der Waals surface area contributed by atoms with E-state index in [9.17, 15) is 18.0 Å². The van der Waals surface area contributed by atoms with Gasteiger partial charge >= 0.3 is 10.2 Å². The third-order valence-electron chi connectivity index (χ3n) is 5.71. The molecule has 1 aliphatic rings. The molecular weight excluding hydrogens is 464 g/mol. The Morgan fingerprint density at radius 3 is 1.37 bits per heavy atom. The molecule has 0 fully saturated rings. The van der Waals surface area contributed by atoms with Crippen LogP contribution in [0.15, 0.2) is 84.9 Å². The van der Waals surface area contributed by atoms with Gasteiger partial charge in [0.25, 0.3) is 0 Å². The summed E-state index contributed by atoms with van der Waals surface area (Å²) in [6.07, 6.45) is 1.29. The number of anilines is 2. The first-order valence-corrected chi connectivity index (χ1v) is 12.9. The molecule has 182 valence electrons. The number of nitrogens with one attached hydrogen (secondary N) is 2. The lowest BCUT2D eigenvalue weighted by Crippen LogP contribution is -2.46. The van der Waals surface area contributed by atoms with Crippen LogP contribution in [0.4, 0.5) is 11.4 Å². The molecule has 0 atom stereocenters. The standard InChI is InChI=1S/C26H28N4O4S/c31-25(27-17-15-21-9-3-1-4-10-21)19-29-23-13-7-8-14-24(23)30(35(29,33)34)20-26(32)28-18-16-22-11-5-2-6-12-22/h1-14H,15-20H2,(H,27,31)(H,28,32). The van der Waals surface area contributed by atoms with Gasteiger partial charge in [-0.3, -0.25) is 9.59 Å². The fourth-order valence-electron chi connectivity index (χ4n) is 3.94. The van der Waals surface area contributed by atoms with Gasteiger partial charge in [-0.25, -0.2) is 8.61 Å². The van der Waals surface area contributed by atoms with Crippen molar-refractivity contribution in [2.24, 2.45) is 0 Å². The van der Waals surface area contributed by atoms with E-state index < -0.39 is 22.0 Å². The summed E-state index contributed by atoms with van der Waals surface area (Å²) in [5.74, 6) is -0.818. The van der Waals surface area contributed by atoms with Gasteiger partial charge in [0.05, 0.1) is 11.4 Å². The van der Waals surface area contributed by atoms with E-state index in [0.29, 0.717) is 37.3 Å². The van der Waals surface area contributed by atoms with Gasteiger partial charge in [0.1, 0.15) is 13.1 Å². The third kappa shape index (κ3) is 5.99. The van der Waals surface area contributed by atoms with Crippen LogP contribution in [0.25, 0.3) is 0 Å². The van der Waals surface area contributed by atoms with Crippen molar-refractivity contribution in [1.29, 1.82) is 0 Å². The molecule has 8 nitrogen and oxygen atoms in total. The monoisotopic (exact) mass is 492 g/mol. The van der Waals surface area contributed by atoms with Gasteiger partial charge in [0, 0.05) is 13.1 Å². The molecule has 3 aromatic carbocycles. The first-order chi connectivity index (χ1) is 16.9. The zero-order valence-electron chi connectivity index (χ0n) is 19.3. The predicted molar refractivity (Wildman–Crippen MR) is 136 cm³/mol. The van der Waals surface area contributed by atoms with Gasteiger partial charge in [0.2, 0.25) is 11.8 Å². The first kappa shape index (κ1) is 24.3. The van der Waals surface area contributed by atoms with E-state index >= 15 is 0 Å². The van der Waals surface area contributed by atoms with Gasteiger partial charge < -0.3 is 10.6 Å². The smallest absolute Gasteiger partial charge is 0.327 e. The summed E-state index contributed by atoms with van der Waals surface area (Å²) in [5, 5.41) is 5.57. The summed E-state index contributed by atoms with van der Waals surface area (Å²) >= 11 is 0. The lowest BCUT2D eigenvalue weighted by molar-refractivity contribution is -0.120. The Balaban J connectivity index is 1.37. The molecule has 0 spiro atoms. The number of rotatable bonds is 10. The minimum Gasteiger partial charge on any atom is -0.354 e. The number of benzene rings is 3. The molecule has 0 saturated carbocycles. The molecule has 0 aromatic heterocycles. The highest BCUT2D eigenvalue weighted by Crippen LogP contribution is 2.40. The van der Waals surface area contributed by atoms with Gasteiger partial charge in [-0.2, -0.15) is 8.42 Å². The van der Waals surface area contributed by atoms with Crippen LogP contribution in [0.2, 0.25) is 0 Å². The maximum absolute atomic E-state index is 13.3. The topological polar surface area (TPSA) is 98.8 Å². The number of carbonyl (C=O) groups is 2. The first-order valence-electron chi connectivity index (χ1n) is 11.5. The molecule has 2 amide bonds. The molecule has 0 bridgehead atoms. The number of para-hydroxylation sites is 2. The minimum atomic E-state index is -4.09. The molecule has 9 heteroatoms. The normalized spacial score (nSPS) is 13.8. The van der Waals surface area contributed by atoms with Gasteiger partial charge in [-0.1, -0.05) is 72.8 Å². The fourth-order valence-corrected chi connectivity index (χ4v) is 5.55. The van der Waals surface area contributed by atoms with Crippen molar-refractivity contribution < 1.29 is 18.0 Å². The molecule has 1 heterocycles. The highest BCUT2D eigenvalue weighted by molar-refractivity contribution is 7.94. The van der Waals surface area contributed by atoms with Crippen molar-refractivity contribution in [2.75, 3.05) is 34.8 Å². The van der Waals surface area contributed by atoms with Crippen LogP contribution in [0.1, 0.15) is 11.1 Å². The van der Waals surface area contributed by atoms with Crippen molar-refractivity contribution in [3.05, 3.63) is 96.1 Å². The van der Waals surface area contributed by atoms with E-state index in [-0.39, 0.29) is 13.1 Å². The summed E-state index contributed by atoms with van der Waals surface area (Å²) in [5.41, 5.74) is 2.92. The van der Waals surface area contributed by atoms with Crippen molar-refractivity contribution in [2.45, 2.75) is 12.8 Å². The third-order valence-corrected chi connectivity index (χ3v) is 7.47. The van der Waals surface area contributed by atoms with Crippen LogP contribution >= 0.6 is 0 Å². The number of amides is 2. The maximum atomic E-state index is 13.3. The largest absolute Gasteiger partial charge is 0.354 e. The molecular formula is C26H28N4O4S. The highest BCUT2D eigenvalue weighted by atomic mass is 32.2. The summed E-state index contributed by atoms with van der Waals surface area (Å²) < 4.78 is 28.7. The van der Waals surface area contributed by atoms with E-state index in [2.05, 4.69) is 10.6 Å². The Morgan fingerprint density at radius 2 is 0.971 bits per heavy atom. The fraction of sp³-hybridized carbons (Fsp3) is 0.231. The van der Waals surface area contributed by atoms with Crippen LogP contribution in [-0.4, -0.2) is 46.4 Å². The second-order valence-electron chi connectivity index (χ2n) is 8.18. The van der Waals surface area contributed by atoms with E-state index in [1.165, 1.54) is 0 Å². The van der Waals surface area contributed by atoms with Gasteiger partial charge in [0.15, 0.2) is 0 Å². The predicted octanol–water partition coefficient (Wildman–Crippen LogP) is 2.28. The van der Waals surface area contributed by atoms with E-state index in [4.69, 9.17) is 0 Å². The average molecular weight is 493 g/mol. The zero-order chi connectivity index (χ0) is 24.7. The molecule has 3 aromatic rings. The molecule has 4 rings (SSSR count). The quantitative estimate of drug-likeness (QED) is 0.454. The minimum absolute atomic E-state index is 0.361. The highest BCUT2D eigenvalue weighted by Gasteiger charge is 2.41. The summed E-state index contributed by atoms with van der Waals surface area (Å²) in [7, 11) is -4.09. The van der Waals surface area contributed by atoms with Crippen molar-refractivity contribution in [3.63, 3.8) is 0 Å². The van der Waals surface area contributed by atoms with Gasteiger partial charge in [-0.05, 0) is 36.1 Å². The number of fused-ring (bicyclic) bond motifs is 1. The van der Waals surface area contributed by atoms with E-state index in [1.807, 2.05) is 60.7 Å². The van der Waals surface area contributed by atoms with Crippen LogP contribution in [0.3, 0.4) is 0 Å². The molecule has 2 N–H and O–H groups in total. The molecule has 0 unspecified atom stereocenters. The SMILES string of the molecule is O=C(CN1c2ccccc2N(CC(=O)NCCc2ccccc2)S1(=O)=O)NCCc1ccccc1. The number of hydrogen-bond acceptors (Lipinski definition) is 4. The maximum Gasteiger partial charge on any atom is 0.327 e. The number of hydrogen-bond donors (Lipinski definition) is 2. The second-order valence-corrected chi connectivity index (χ2v) is 9.96. The van der Waals surface area contributed by atoms with E-state index in [0.717, 1.165) is 19.7 Å². The Hall–Kier alpha value is -3.85. The summed E-state index contributed by atoms with van der Waals surface area (Å²) in [6.45, 7) is 0.0678. The van der Waals surface area contributed by atoms with Crippen LogP contribution < -0.4 is 19.2 Å². The lowest BCUT2D eigenvalue weighted by atomic mass is 10.1.